The molecule has 0 fully saturated rings. The topological polar surface area (TPSA) is 50.9 Å². The third-order valence-electron chi connectivity index (χ3n) is 4.23. The Morgan fingerprint density at radius 3 is 2.18 bits per heavy atom. The highest BCUT2D eigenvalue weighted by molar-refractivity contribution is 6.02. The first-order valence-corrected chi connectivity index (χ1v) is 8.04. The number of pyridine rings is 2. The summed E-state index contributed by atoms with van der Waals surface area (Å²) in [7, 11) is 0. The van der Waals surface area contributed by atoms with Crippen LogP contribution in [0.25, 0.3) is 33.4 Å². The monoisotopic (exact) mass is 438 g/mol. The molecule has 28 heavy (non-hydrogen) atoms. The number of aromatic nitrogens is 3. The van der Waals surface area contributed by atoms with Crippen LogP contribution >= 0.6 is 0 Å². The Labute approximate surface area is 180 Å². The van der Waals surface area contributed by atoms with E-state index in [2.05, 4.69) is 14.5 Å². The fraction of sp³-hybridized carbons (Fsp3) is 0.100. The molecule has 0 atom stereocenters. The Kier molecular flexibility index (Phi) is 8.85. The first-order valence-electron chi connectivity index (χ1n) is 8.04. The lowest BCUT2D eigenvalue weighted by Gasteiger charge is -2.11. The molecular formula is C20H16Cl3FN3O-3. The molecule has 0 saturated carbocycles. The lowest BCUT2D eigenvalue weighted by Crippen LogP contribution is -3.00. The summed E-state index contributed by atoms with van der Waals surface area (Å²) in [5.41, 5.74) is 5.48. The average Bonchev–Trinajstić information content (AvgIpc) is 2.98. The highest BCUT2D eigenvalue weighted by Gasteiger charge is 2.20. The second kappa shape index (κ2) is 10.4. The Balaban J connectivity index is 0.00000131. The quantitative estimate of drug-likeness (QED) is 0.346. The van der Waals surface area contributed by atoms with Crippen molar-refractivity contribution in [1.82, 2.24) is 14.5 Å². The molecule has 1 aromatic carbocycles. The molecule has 0 amide bonds. The molecule has 0 unspecified atom stereocenters. The molecule has 3 aromatic heterocycles. The molecule has 148 valence electrons. The Morgan fingerprint density at radius 1 is 0.857 bits per heavy atom. The van der Waals surface area contributed by atoms with E-state index in [1.165, 1.54) is 12.1 Å². The van der Waals surface area contributed by atoms with Gasteiger partial charge in [-0.15, -0.1) is 0 Å². The highest BCUT2D eigenvalue weighted by atomic mass is 35.5. The Bertz CT molecular complexity index is 1020. The van der Waals surface area contributed by atoms with Crippen molar-refractivity contribution >= 4 is 11.0 Å². The van der Waals surface area contributed by atoms with Crippen molar-refractivity contribution in [2.75, 3.05) is 6.61 Å². The molecule has 0 aliphatic heterocycles. The molecule has 0 saturated heterocycles. The number of hydrogen-bond donors (Lipinski definition) is 1. The number of fused-ring (bicyclic) bond motifs is 1. The first kappa shape index (κ1) is 23.9. The second-order valence-corrected chi connectivity index (χ2v) is 5.71. The van der Waals surface area contributed by atoms with Crippen LogP contribution in [0.3, 0.4) is 0 Å². The zero-order valence-corrected chi connectivity index (χ0v) is 16.8. The van der Waals surface area contributed by atoms with E-state index in [4.69, 9.17) is 0 Å². The summed E-state index contributed by atoms with van der Waals surface area (Å²) < 4.78 is 15.5. The fourth-order valence-corrected chi connectivity index (χ4v) is 3.21. The number of halogens is 4. The molecule has 0 spiro atoms. The van der Waals surface area contributed by atoms with Gasteiger partial charge in [-0.3, -0.25) is 9.97 Å². The van der Waals surface area contributed by atoms with E-state index in [0.29, 0.717) is 6.54 Å². The van der Waals surface area contributed by atoms with E-state index in [9.17, 15) is 9.50 Å². The summed E-state index contributed by atoms with van der Waals surface area (Å²) in [5, 5.41) is 9.56. The van der Waals surface area contributed by atoms with Gasteiger partial charge in [-0.1, -0.05) is 12.1 Å². The summed E-state index contributed by atoms with van der Waals surface area (Å²) in [6.45, 7) is 0.459. The van der Waals surface area contributed by atoms with Crippen molar-refractivity contribution in [3.63, 3.8) is 0 Å². The van der Waals surface area contributed by atoms with Crippen LogP contribution in [0.4, 0.5) is 4.39 Å². The van der Waals surface area contributed by atoms with Crippen LogP contribution in [0.15, 0.2) is 67.1 Å². The SMILES string of the molecule is OCCn1c(-c2ccncc2)c(-c2ccc(F)cc2)c2ncccc21.[Cl-].[Cl-].[Cl-]. The number of aliphatic hydroxyl groups is 1. The molecular weight excluding hydrogens is 424 g/mol. The molecule has 3 heterocycles. The van der Waals surface area contributed by atoms with E-state index in [0.717, 1.165) is 33.4 Å². The lowest BCUT2D eigenvalue weighted by atomic mass is 10.0. The fourth-order valence-electron chi connectivity index (χ4n) is 3.21. The van der Waals surface area contributed by atoms with Gasteiger partial charge in [0.25, 0.3) is 0 Å². The van der Waals surface area contributed by atoms with E-state index in [1.807, 2.05) is 24.3 Å². The van der Waals surface area contributed by atoms with E-state index < -0.39 is 0 Å². The van der Waals surface area contributed by atoms with E-state index in [1.54, 1.807) is 30.7 Å². The Morgan fingerprint density at radius 2 is 1.54 bits per heavy atom. The highest BCUT2D eigenvalue weighted by Crippen LogP contribution is 2.39. The van der Waals surface area contributed by atoms with Gasteiger partial charge < -0.3 is 46.9 Å². The summed E-state index contributed by atoms with van der Waals surface area (Å²) in [5.74, 6) is -0.277. The van der Waals surface area contributed by atoms with E-state index >= 15 is 0 Å². The zero-order chi connectivity index (χ0) is 17.2. The van der Waals surface area contributed by atoms with Crippen LogP contribution < -0.4 is 37.2 Å². The van der Waals surface area contributed by atoms with Crippen LogP contribution in [-0.4, -0.2) is 26.2 Å². The number of benzene rings is 1. The van der Waals surface area contributed by atoms with Crippen molar-refractivity contribution in [2.45, 2.75) is 6.54 Å². The summed E-state index contributed by atoms with van der Waals surface area (Å²) in [4.78, 5) is 8.65. The minimum Gasteiger partial charge on any atom is -1.00 e. The predicted molar refractivity (Wildman–Crippen MR) is 95.4 cm³/mol. The maximum absolute atomic E-state index is 13.4. The van der Waals surface area contributed by atoms with Crippen LogP contribution in [0.2, 0.25) is 0 Å². The van der Waals surface area contributed by atoms with Gasteiger partial charge in [-0.05, 0) is 42.0 Å². The van der Waals surface area contributed by atoms with Gasteiger partial charge in [-0.2, -0.15) is 0 Å². The van der Waals surface area contributed by atoms with Gasteiger partial charge in [0.05, 0.1) is 23.3 Å². The average molecular weight is 440 g/mol. The number of hydrogen-bond acceptors (Lipinski definition) is 3. The van der Waals surface area contributed by atoms with Gasteiger partial charge in [0.1, 0.15) is 5.82 Å². The molecule has 0 radical (unpaired) electrons. The van der Waals surface area contributed by atoms with Gasteiger partial charge in [0.2, 0.25) is 0 Å². The van der Waals surface area contributed by atoms with Crippen molar-refractivity contribution in [2.24, 2.45) is 0 Å². The molecule has 0 aliphatic carbocycles. The van der Waals surface area contributed by atoms with Crippen LogP contribution in [-0.2, 0) is 6.54 Å². The summed E-state index contributed by atoms with van der Waals surface area (Å²) in [6.07, 6.45) is 5.21. The first-order chi connectivity index (χ1) is 12.3. The normalized spacial score (nSPS) is 9.93. The largest absolute Gasteiger partial charge is 1.00 e. The maximum atomic E-state index is 13.4. The number of nitrogens with zero attached hydrogens (tertiary/aromatic N) is 3. The minimum atomic E-state index is -0.277. The third kappa shape index (κ3) is 4.28. The number of aliphatic hydroxyl groups excluding tert-OH is 1. The smallest absolute Gasteiger partial charge is 0.123 e. The van der Waals surface area contributed by atoms with Crippen molar-refractivity contribution in [3.05, 3.63) is 72.9 Å². The van der Waals surface area contributed by atoms with Crippen LogP contribution in [0.5, 0.6) is 0 Å². The zero-order valence-electron chi connectivity index (χ0n) is 14.6. The summed E-state index contributed by atoms with van der Waals surface area (Å²) in [6, 6.07) is 14.1. The predicted octanol–water partition coefficient (Wildman–Crippen LogP) is -5.09. The van der Waals surface area contributed by atoms with Crippen LogP contribution in [0, 0.1) is 5.82 Å². The van der Waals surface area contributed by atoms with Gasteiger partial charge in [0, 0.05) is 36.3 Å². The van der Waals surface area contributed by atoms with E-state index in [-0.39, 0.29) is 49.6 Å². The standard InChI is InChI=1S/C20H16FN3O.3ClH/c21-16-5-3-14(4-6-16)18-19-17(2-1-9-23-19)24(12-13-25)20(18)15-7-10-22-11-8-15;;;/h1-11,25H,12-13H2;3*1H/p-3. The van der Waals surface area contributed by atoms with Gasteiger partial charge in [0.15, 0.2) is 0 Å². The van der Waals surface area contributed by atoms with Crippen LogP contribution in [0.1, 0.15) is 0 Å². The minimum absolute atomic E-state index is 0. The second-order valence-electron chi connectivity index (χ2n) is 5.71. The molecule has 4 nitrogen and oxygen atoms in total. The van der Waals surface area contributed by atoms with Crippen molar-refractivity contribution < 1.29 is 46.7 Å². The molecule has 0 bridgehead atoms. The van der Waals surface area contributed by atoms with Gasteiger partial charge >= 0.3 is 0 Å². The van der Waals surface area contributed by atoms with Crippen molar-refractivity contribution in [3.8, 4) is 22.4 Å². The molecule has 0 aliphatic rings. The third-order valence-corrected chi connectivity index (χ3v) is 4.23. The molecule has 8 heteroatoms. The Hall–Kier alpha value is -2.18. The van der Waals surface area contributed by atoms with Gasteiger partial charge in [-0.25, -0.2) is 4.39 Å². The molecule has 4 aromatic rings. The number of rotatable bonds is 4. The molecule has 4 rings (SSSR count). The van der Waals surface area contributed by atoms with Crippen molar-refractivity contribution in [1.29, 1.82) is 0 Å². The maximum Gasteiger partial charge on any atom is 0.123 e. The summed E-state index contributed by atoms with van der Waals surface area (Å²) >= 11 is 0. The molecule has 1 N–H and O–H groups in total. The lowest BCUT2D eigenvalue weighted by molar-refractivity contribution is -0.00100.